The van der Waals surface area contributed by atoms with E-state index in [9.17, 15) is 9.59 Å². The van der Waals surface area contributed by atoms with E-state index in [4.69, 9.17) is 29.0 Å². The van der Waals surface area contributed by atoms with Crippen molar-refractivity contribution >= 4 is 12.3 Å². The zero-order valence-corrected chi connectivity index (χ0v) is 21.2. The zero-order valence-electron chi connectivity index (χ0n) is 21.2. The number of hydrogen-bond donors (Lipinski definition) is 0. The largest absolute Gasteiger partial charge is 0.540 e. The van der Waals surface area contributed by atoms with E-state index < -0.39 is 23.5 Å². The molecule has 190 valence electrons. The van der Waals surface area contributed by atoms with Crippen LogP contribution in [-0.4, -0.2) is 36.7 Å². The Labute approximate surface area is 194 Å². The number of carbonyl (C=O) groups is 2. The molecule has 32 heavy (non-hydrogen) atoms. The fourth-order valence-electron chi connectivity index (χ4n) is 2.90. The minimum atomic E-state index is -0.822. The summed E-state index contributed by atoms with van der Waals surface area (Å²) in [6.07, 6.45) is 9.55. The van der Waals surface area contributed by atoms with Gasteiger partial charge in [0.25, 0.3) is 0 Å². The molecule has 0 aromatic rings. The molecule has 0 aromatic carbocycles. The molecule has 0 fully saturated rings. The fourth-order valence-corrected chi connectivity index (χ4v) is 2.90. The van der Waals surface area contributed by atoms with Gasteiger partial charge in [0, 0.05) is 0 Å². The van der Waals surface area contributed by atoms with Crippen LogP contribution in [0.2, 0.25) is 0 Å². The summed E-state index contributed by atoms with van der Waals surface area (Å²) in [7, 11) is 0. The lowest BCUT2D eigenvalue weighted by molar-refractivity contribution is -0.318. The lowest BCUT2D eigenvalue weighted by Crippen LogP contribution is -2.26. The van der Waals surface area contributed by atoms with Crippen LogP contribution in [0.25, 0.3) is 0 Å². The van der Waals surface area contributed by atoms with Gasteiger partial charge in [-0.25, -0.2) is 9.59 Å². The van der Waals surface area contributed by atoms with Gasteiger partial charge in [-0.15, -0.1) is 0 Å². The predicted octanol–water partition coefficient (Wildman–Crippen LogP) is 7.43. The van der Waals surface area contributed by atoms with E-state index >= 15 is 0 Å². The van der Waals surface area contributed by atoms with Crippen molar-refractivity contribution in [2.45, 2.75) is 130 Å². The van der Waals surface area contributed by atoms with Crippen molar-refractivity contribution in [2.75, 3.05) is 13.2 Å². The van der Waals surface area contributed by atoms with Gasteiger partial charge in [-0.1, -0.05) is 52.4 Å². The van der Waals surface area contributed by atoms with Crippen LogP contribution in [0, 0.1) is 0 Å². The summed E-state index contributed by atoms with van der Waals surface area (Å²) in [4.78, 5) is 43.0. The average Bonchev–Trinajstić information content (AvgIpc) is 2.73. The molecule has 0 unspecified atom stereocenters. The van der Waals surface area contributed by atoms with Gasteiger partial charge in [-0.3, -0.25) is 9.78 Å². The second-order valence-corrected chi connectivity index (χ2v) is 9.38. The molecule has 8 nitrogen and oxygen atoms in total. The third-order valence-corrected chi connectivity index (χ3v) is 4.91. The Balaban J connectivity index is 3.63. The summed E-state index contributed by atoms with van der Waals surface area (Å²) in [6.45, 7) is 12.3. The maximum atomic E-state index is 11.6. The monoisotopic (exact) mass is 462 g/mol. The van der Waals surface area contributed by atoms with Crippen molar-refractivity contribution in [2.24, 2.45) is 0 Å². The molecule has 0 aliphatic heterocycles. The van der Waals surface area contributed by atoms with Crippen LogP contribution in [0.3, 0.4) is 0 Å². The molecule has 0 aliphatic carbocycles. The van der Waals surface area contributed by atoms with Crippen molar-refractivity contribution in [3.8, 4) is 0 Å². The van der Waals surface area contributed by atoms with Gasteiger partial charge in [0.2, 0.25) is 0 Å². The van der Waals surface area contributed by atoms with E-state index in [1.54, 1.807) is 0 Å². The normalized spacial score (nSPS) is 11.8. The van der Waals surface area contributed by atoms with Gasteiger partial charge in [0.05, 0.1) is 13.2 Å². The summed E-state index contributed by atoms with van der Waals surface area (Å²) in [6, 6.07) is 0. The van der Waals surface area contributed by atoms with E-state index in [-0.39, 0.29) is 13.2 Å². The molecule has 8 heteroatoms. The highest BCUT2D eigenvalue weighted by atomic mass is 17.2. The van der Waals surface area contributed by atoms with Gasteiger partial charge in [-0.2, -0.15) is 9.78 Å². The Kier molecular flexibility index (Phi) is 17.1. The van der Waals surface area contributed by atoms with Crippen molar-refractivity contribution < 1.29 is 38.6 Å². The molecule has 0 N–H and O–H groups in total. The van der Waals surface area contributed by atoms with Crippen molar-refractivity contribution in [3.63, 3.8) is 0 Å². The molecule has 0 radical (unpaired) electrons. The van der Waals surface area contributed by atoms with Crippen LogP contribution < -0.4 is 0 Å². The molecule has 0 aliphatic rings. The molecule has 0 atom stereocenters. The lowest BCUT2D eigenvalue weighted by Gasteiger charge is -2.22. The molecular formula is C24H46O8. The van der Waals surface area contributed by atoms with E-state index in [1.807, 2.05) is 27.7 Å². The molecule has 0 aromatic heterocycles. The van der Waals surface area contributed by atoms with Crippen LogP contribution in [0.4, 0.5) is 9.59 Å². The summed E-state index contributed by atoms with van der Waals surface area (Å²) in [5.41, 5.74) is -1.05. The molecule has 0 bridgehead atoms. The lowest BCUT2D eigenvalue weighted by atomic mass is 10.0. The highest BCUT2D eigenvalue weighted by Gasteiger charge is 2.23. The van der Waals surface area contributed by atoms with E-state index in [2.05, 4.69) is 13.8 Å². The zero-order chi connectivity index (χ0) is 24.3. The summed E-state index contributed by atoms with van der Waals surface area (Å²) < 4.78 is 10.00. The Morgan fingerprint density at radius 1 is 0.562 bits per heavy atom. The first-order valence-corrected chi connectivity index (χ1v) is 12.2. The number of carbonyl (C=O) groups excluding carboxylic acids is 2. The number of ether oxygens (including phenoxy) is 2. The van der Waals surface area contributed by atoms with Crippen molar-refractivity contribution in [3.05, 3.63) is 0 Å². The fraction of sp³-hybridized carbons (Fsp3) is 0.917. The maximum Gasteiger partial charge on any atom is 0.540 e. The van der Waals surface area contributed by atoms with Crippen LogP contribution in [0.5, 0.6) is 0 Å². The first-order chi connectivity index (χ1) is 15.1. The van der Waals surface area contributed by atoms with Crippen molar-refractivity contribution in [1.82, 2.24) is 0 Å². The smallest absolute Gasteiger partial charge is 0.432 e. The molecule has 0 amide bonds. The number of rotatable bonds is 19. The minimum absolute atomic E-state index is 0.252. The molecule has 0 spiro atoms. The van der Waals surface area contributed by atoms with Crippen molar-refractivity contribution in [1.29, 1.82) is 0 Å². The highest BCUT2D eigenvalue weighted by molar-refractivity contribution is 5.59. The average molecular weight is 463 g/mol. The first kappa shape index (κ1) is 30.5. The third kappa shape index (κ3) is 19.2. The Morgan fingerprint density at radius 3 is 1.28 bits per heavy atom. The molecule has 0 rings (SSSR count). The number of unbranched alkanes of at least 4 members (excludes halogenated alkanes) is 7. The SMILES string of the molecule is CCCCCC(C)(C)OOC(=O)OCCCCCCOC(=O)OOC(C)(C)CCCCC. The van der Waals surface area contributed by atoms with Crippen LogP contribution in [0.1, 0.15) is 119 Å². The van der Waals surface area contributed by atoms with E-state index in [1.165, 1.54) is 0 Å². The topological polar surface area (TPSA) is 89.5 Å². The van der Waals surface area contributed by atoms with Gasteiger partial charge >= 0.3 is 12.3 Å². The molecule has 0 saturated heterocycles. The van der Waals surface area contributed by atoms with Crippen LogP contribution in [0.15, 0.2) is 0 Å². The molecule has 0 heterocycles. The molecule has 0 saturated carbocycles. The Bertz CT molecular complexity index is 446. The van der Waals surface area contributed by atoms with Gasteiger partial charge < -0.3 is 9.47 Å². The Hall–Kier alpha value is -1.54. The molecular weight excluding hydrogens is 416 g/mol. The number of hydrogen-bond acceptors (Lipinski definition) is 8. The first-order valence-electron chi connectivity index (χ1n) is 12.2. The minimum Gasteiger partial charge on any atom is -0.432 e. The highest BCUT2D eigenvalue weighted by Crippen LogP contribution is 2.20. The second kappa shape index (κ2) is 18.0. The second-order valence-electron chi connectivity index (χ2n) is 9.38. The van der Waals surface area contributed by atoms with Gasteiger partial charge in [-0.05, 0) is 66.2 Å². The maximum absolute atomic E-state index is 11.6. The summed E-state index contributed by atoms with van der Waals surface area (Å²) in [5, 5.41) is 0. The van der Waals surface area contributed by atoms with E-state index in [0.29, 0.717) is 12.8 Å². The van der Waals surface area contributed by atoms with Crippen LogP contribution in [-0.2, 0) is 29.0 Å². The standard InChI is InChI=1S/C24H46O8/c1-7-9-13-17-23(3,4)31-29-21(25)27-19-15-11-12-16-20-28-22(26)30-32-24(5,6)18-14-10-8-2/h7-20H2,1-6H3. The Morgan fingerprint density at radius 2 is 0.938 bits per heavy atom. The van der Waals surface area contributed by atoms with E-state index in [0.717, 1.165) is 64.2 Å². The van der Waals surface area contributed by atoms with Crippen LogP contribution >= 0.6 is 0 Å². The predicted molar refractivity (Wildman–Crippen MR) is 122 cm³/mol. The third-order valence-electron chi connectivity index (χ3n) is 4.91. The quantitative estimate of drug-likeness (QED) is 0.0847. The van der Waals surface area contributed by atoms with Gasteiger partial charge in [0.15, 0.2) is 0 Å². The van der Waals surface area contributed by atoms with Gasteiger partial charge in [0.1, 0.15) is 11.2 Å². The summed E-state index contributed by atoms with van der Waals surface area (Å²) in [5.74, 6) is 0. The summed E-state index contributed by atoms with van der Waals surface area (Å²) >= 11 is 0.